The molecule has 0 atom stereocenters. The molecular formula is C16H22N6S. The molecule has 1 aliphatic heterocycles. The number of hydrogen-bond acceptors (Lipinski definition) is 7. The van der Waals surface area contributed by atoms with Crippen molar-refractivity contribution in [1.29, 1.82) is 0 Å². The monoisotopic (exact) mass is 330 g/mol. The van der Waals surface area contributed by atoms with Crippen LogP contribution in [0, 0.1) is 20.8 Å². The summed E-state index contributed by atoms with van der Waals surface area (Å²) in [6, 6.07) is 3.97. The maximum absolute atomic E-state index is 4.72. The molecule has 1 saturated heterocycles. The van der Waals surface area contributed by atoms with Crippen LogP contribution in [0.5, 0.6) is 0 Å². The molecular weight excluding hydrogens is 308 g/mol. The molecule has 0 saturated carbocycles. The number of rotatable bonds is 3. The summed E-state index contributed by atoms with van der Waals surface area (Å²) in [7, 11) is 2.15. The Hall–Kier alpha value is -1.73. The van der Waals surface area contributed by atoms with Crippen molar-refractivity contribution in [1.82, 2.24) is 24.8 Å². The van der Waals surface area contributed by atoms with Crippen LogP contribution in [-0.2, 0) is 0 Å². The maximum atomic E-state index is 4.72. The van der Waals surface area contributed by atoms with Gasteiger partial charge in [-0.25, -0.2) is 19.9 Å². The average Bonchev–Trinajstić information content (AvgIpc) is 2.46. The number of aryl methyl sites for hydroxylation is 3. The molecule has 6 nitrogen and oxygen atoms in total. The van der Waals surface area contributed by atoms with Gasteiger partial charge in [-0.05, 0) is 51.7 Å². The van der Waals surface area contributed by atoms with Crippen LogP contribution in [0.25, 0.3) is 0 Å². The van der Waals surface area contributed by atoms with Crippen molar-refractivity contribution in [2.75, 3.05) is 38.1 Å². The summed E-state index contributed by atoms with van der Waals surface area (Å²) >= 11 is 1.50. The lowest BCUT2D eigenvalue weighted by molar-refractivity contribution is 0.311. The molecule has 0 amide bonds. The molecule has 1 aliphatic rings. The summed E-state index contributed by atoms with van der Waals surface area (Å²) in [5, 5.41) is 1.64. The Morgan fingerprint density at radius 2 is 1.43 bits per heavy atom. The molecule has 23 heavy (non-hydrogen) atoms. The molecule has 0 unspecified atom stereocenters. The van der Waals surface area contributed by atoms with E-state index in [0.717, 1.165) is 59.4 Å². The third-order valence-electron chi connectivity index (χ3n) is 3.76. The van der Waals surface area contributed by atoms with Gasteiger partial charge in [0.15, 0.2) is 5.16 Å². The fraction of sp³-hybridized carbons (Fsp3) is 0.500. The number of nitrogens with zero attached hydrogens (tertiary/aromatic N) is 6. The average molecular weight is 330 g/mol. The molecule has 1 fully saturated rings. The second kappa shape index (κ2) is 6.80. The van der Waals surface area contributed by atoms with E-state index in [1.807, 2.05) is 32.9 Å². The summed E-state index contributed by atoms with van der Waals surface area (Å²) in [5.74, 6) is 0.810. The zero-order chi connectivity index (χ0) is 16.4. The topological polar surface area (TPSA) is 58.0 Å². The molecule has 122 valence electrons. The Morgan fingerprint density at radius 1 is 0.826 bits per heavy atom. The first kappa shape index (κ1) is 16.1. The van der Waals surface area contributed by atoms with Crippen molar-refractivity contribution in [3.05, 3.63) is 29.2 Å². The minimum absolute atomic E-state index is 0.741. The lowest BCUT2D eigenvalue weighted by Crippen LogP contribution is -2.45. The van der Waals surface area contributed by atoms with E-state index in [4.69, 9.17) is 4.98 Å². The van der Waals surface area contributed by atoms with Crippen LogP contribution in [0.3, 0.4) is 0 Å². The second-order valence-corrected chi connectivity index (χ2v) is 6.96. The van der Waals surface area contributed by atoms with Crippen LogP contribution >= 0.6 is 11.8 Å². The molecule has 2 aromatic rings. The molecule has 0 radical (unpaired) electrons. The first-order chi connectivity index (χ1) is 11.0. The summed E-state index contributed by atoms with van der Waals surface area (Å²) in [6.07, 6.45) is 0. The van der Waals surface area contributed by atoms with E-state index in [-0.39, 0.29) is 0 Å². The van der Waals surface area contributed by atoms with Crippen molar-refractivity contribution in [2.24, 2.45) is 0 Å². The maximum Gasteiger partial charge on any atom is 0.226 e. The smallest absolute Gasteiger partial charge is 0.226 e. The van der Waals surface area contributed by atoms with E-state index in [1.165, 1.54) is 11.8 Å². The van der Waals surface area contributed by atoms with Gasteiger partial charge in [0, 0.05) is 43.3 Å². The summed E-state index contributed by atoms with van der Waals surface area (Å²) in [5.41, 5.74) is 2.93. The van der Waals surface area contributed by atoms with Gasteiger partial charge in [0.25, 0.3) is 0 Å². The molecule has 7 heteroatoms. The zero-order valence-corrected chi connectivity index (χ0v) is 14.9. The van der Waals surface area contributed by atoms with E-state index >= 15 is 0 Å². The van der Waals surface area contributed by atoms with Gasteiger partial charge in [-0.3, -0.25) is 0 Å². The quantitative estimate of drug-likeness (QED) is 0.631. The highest BCUT2D eigenvalue weighted by Crippen LogP contribution is 2.25. The van der Waals surface area contributed by atoms with E-state index in [9.17, 15) is 0 Å². The fourth-order valence-corrected chi connectivity index (χ4v) is 3.48. The number of piperazine rings is 1. The fourth-order valence-electron chi connectivity index (χ4n) is 2.56. The highest BCUT2D eigenvalue weighted by Gasteiger charge is 2.17. The lowest BCUT2D eigenvalue weighted by atomic mass is 10.3. The van der Waals surface area contributed by atoms with Crippen LogP contribution in [-0.4, -0.2) is 58.1 Å². The van der Waals surface area contributed by atoms with Gasteiger partial charge in [0.1, 0.15) is 5.03 Å². The predicted molar refractivity (Wildman–Crippen MR) is 92.1 cm³/mol. The van der Waals surface area contributed by atoms with Crippen molar-refractivity contribution in [3.63, 3.8) is 0 Å². The van der Waals surface area contributed by atoms with Gasteiger partial charge in [0.2, 0.25) is 5.95 Å². The van der Waals surface area contributed by atoms with Gasteiger partial charge >= 0.3 is 0 Å². The molecule has 0 N–H and O–H groups in total. The summed E-state index contributed by atoms with van der Waals surface area (Å²) < 4.78 is 0. The van der Waals surface area contributed by atoms with Crippen LogP contribution in [0.2, 0.25) is 0 Å². The minimum Gasteiger partial charge on any atom is -0.338 e. The lowest BCUT2D eigenvalue weighted by Gasteiger charge is -2.32. The molecule has 0 bridgehead atoms. The van der Waals surface area contributed by atoms with Crippen molar-refractivity contribution >= 4 is 17.7 Å². The normalized spacial score (nSPS) is 15.9. The highest BCUT2D eigenvalue weighted by molar-refractivity contribution is 7.99. The molecule has 0 aliphatic carbocycles. The van der Waals surface area contributed by atoms with Crippen LogP contribution in [0.15, 0.2) is 22.3 Å². The molecule has 2 aromatic heterocycles. The van der Waals surface area contributed by atoms with Gasteiger partial charge < -0.3 is 9.80 Å². The van der Waals surface area contributed by atoms with E-state index in [1.54, 1.807) is 0 Å². The highest BCUT2D eigenvalue weighted by atomic mass is 32.2. The number of hydrogen-bond donors (Lipinski definition) is 0. The molecule has 0 aromatic carbocycles. The second-order valence-electron chi connectivity index (χ2n) is 5.97. The molecule has 3 heterocycles. The third kappa shape index (κ3) is 4.17. The Bertz CT molecular complexity index is 677. The van der Waals surface area contributed by atoms with Crippen molar-refractivity contribution < 1.29 is 0 Å². The van der Waals surface area contributed by atoms with Crippen molar-refractivity contribution in [2.45, 2.75) is 31.0 Å². The molecule has 3 rings (SSSR count). The van der Waals surface area contributed by atoms with Gasteiger partial charge in [-0.15, -0.1) is 0 Å². The van der Waals surface area contributed by atoms with Gasteiger partial charge in [-0.2, -0.15) is 0 Å². The van der Waals surface area contributed by atoms with E-state index in [0.29, 0.717) is 0 Å². The summed E-state index contributed by atoms with van der Waals surface area (Å²) in [6.45, 7) is 9.99. The van der Waals surface area contributed by atoms with E-state index < -0.39 is 0 Å². The standard InChI is InChI=1S/C16H22N6S/c1-11-9-12(2)19-16(18-11)23-14-10-13(3)17-15(20-14)22-7-5-21(4)6-8-22/h9-10H,5-8H2,1-4H3. The zero-order valence-electron chi connectivity index (χ0n) is 14.1. The number of anilines is 1. The van der Waals surface area contributed by atoms with Crippen LogP contribution in [0.1, 0.15) is 17.1 Å². The first-order valence-electron chi connectivity index (χ1n) is 7.79. The van der Waals surface area contributed by atoms with Gasteiger partial charge in [0.05, 0.1) is 0 Å². The SMILES string of the molecule is Cc1cc(C)nc(Sc2cc(C)nc(N3CCN(C)CC3)n2)n1. The Kier molecular flexibility index (Phi) is 4.77. The van der Waals surface area contributed by atoms with Crippen LogP contribution in [0.4, 0.5) is 5.95 Å². The van der Waals surface area contributed by atoms with Gasteiger partial charge in [-0.1, -0.05) is 0 Å². The Labute approximate surface area is 141 Å². The van der Waals surface area contributed by atoms with Crippen LogP contribution < -0.4 is 4.90 Å². The number of aromatic nitrogens is 4. The Morgan fingerprint density at radius 3 is 2.09 bits per heavy atom. The number of likely N-dealkylation sites (N-methyl/N-ethyl adjacent to an activating group) is 1. The third-order valence-corrected chi connectivity index (χ3v) is 4.55. The largest absolute Gasteiger partial charge is 0.338 e. The Balaban J connectivity index is 1.82. The molecule has 0 spiro atoms. The first-order valence-corrected chi connectivity index (χ1v) is 8.60. The van der Waals surface area contributed by atoms with E-state index in [2.05, 4.69) is 31.8 Å². The van der Waals surface area contributed by atoms with Crippen molar-refractivity contribution in [3.8, 4) is 0 Å². The minimum atomic E-state index is 0.741. The summed E-state index contributed by atoms with van der Waals surface area (Å²) in [4.78, 5) is 22.9. The predicted octanol–water partition coefficient (Wildman–Crippen LogP) is 2.09.